The van der Waals surface area contributed by atoms with Gasteiger partial charge in [0.25, 0.3) is 0 Å². The summed E-state index contributed by atoms with van der Waals surface area (Å²) in [7, 11) is 1.49. The number of carbonyl (C=O) groups is 3. The van der Waals surface area contributed by atoms with Gasteiger partial charge in [-0.15, -0.1) is 0 Å². The van der Waals surface area contributed by atoms with Crippen molar-refractivity contribution in [3.05, 3.63) is 28.2 Å². The lowest BCUT2D eigenvalue weighted by Gasteiger charge is -2.30. The number of halogens is 1. The number of aliphatic hydroxyl groups is 1. The molecule has 5 atom stereocenters. The highest BCUT2D eigenvalue weighted by molar-refractivity contribution is 9.10. The van der Waals surface area contributed by atoms with E-state index in [0.717, 1.165) is 9.37 Å². The Labute approximate surface area is 164 Å². The van der Waals surface area contributed by atoms with E-state index in [2.05, 4.69) is 26.6 Å². The molecule has 3 heterocycles. The fourth-order valence-corrected chi connectivity index (χ4v) is 4.94. The minimum atomic E-state index is -1.39. The summed E-state index contributed by atoms with van der Waals surface area (Å²) in [6.45, 7) is 1.89. The van der Waals surface area contributed by atoms with Crippen LogP contribution in [0.15, 0.2) is 22.7 Å². The Morgan fingerprint density at radius 3 is 2.74 bits per heavy atom. The first-order valence-electron chi connectivity index (χ1n) is 8.74. The molecule has 3 aliphatic rings. The Bertz CT molecular complexity index is 844. The van der Waals surface area contributed by atoms with Crippen LogP contribution in [0.3, 0.4) is 0 Å². The Kier molecular flexibility index (Phi) is 4.38. The summed E-state index contributed by atoms with van der Waals surface area (Å²) in [5.74, 6) is -2.92. The first-order valence-corrected chi connectivity index (χ1v) is 9.53. The largest absolute Gasteiger partial charge is 0.392 e. The fourth-order valence-electron chi connectivity index (χ4n) is 4.58. The van der Waals surface area contributed by atoms with Gasteiger partial charge in [0.1, 0.15) is 5.54 Å². The number of rotatable bonds is 4. The van der Waals surface area contributed by atoms with Crippen LogP contribution >= 0.6 is 15.9 Å². The zero-order chi connectivity index (χ0) is 19.5. The van der Waals surface area contributed by atoms with Gasteiger partial charge in [0.2, 0.25) is 17.7 Å². The zero-order valence-electron chi connectivity index (χ0n) is 14.9. The van der Waals surface area contributed by atoms with Crippen LogP contribution in [-0.4, -0.2) is 60.1 Å². The summed E-state index contributed by atoms with van der Waals surface area (Å²) in [4.78, 5) is 40.4. The van der Waals surface area contributed by atoms with Gasteiger partial charge < -0.3 is 15.2 Å². The maximum atomic E-state index is 13.2. The highest BCUT2D eigenvalue weighted by Crippen LogP contribution is 2.53. The molecule has 27 heavy (non-hydrogen) atoms. The van der Waals surface area contributed by atoms with Crippen molar-refractivity contribution in [1.82, 2.24) is 10.2 Å². The number of aliphatic hydroxyl groups excluding tert-OH is 1. The lowest BCUT2D eigenvalue weighted by Crippen LogP contribution is -2.55. The standard InChI is InChI=1S/C18H20BrN3O5/c1-8(23)14-12-13(16(25)22(15(12)24)5-6-27-2)18(21-14)10-7-9(19)3-4-11(10)20-17(18)26/h3-4,7-8,12-14,21,23H,5-6H2,1-2H3,(H,20,26)/t8-,12+,13+,14+,18-/m1/s1. The summed E-state index contributed by atoms with van der Waals surface area (Å²) < 4.78 is 5.76. The third-order valence-corrected chi connectivity index (χ3v) is 6.23. The predicted molar refractivity (Wildman–Crippen MR) is 98.6 cm³/mol. The highest BCUT2D eigenvalue weighted by atomic mass is 79.9. The Morgan fingerprint density at radius 2 is 2.07 bits per heavy atom. The average molecular weight is 438 g/mol. The van der Waals surface area contributed by atoms with Gasteiger partial charge in [-0.1, -0.05) is 15.9 Å². The van der Waals surface area contributed by atoms with E-state index < -0.39 is 35.4 Å². The molecule has 0 saturated carbocycles. The first kappa shape index (κ1) is 18.5. The number of ether oxygens (including phenoxy) is 1. The number of nitrogens with zero attached hydrogens (tertiary/aromatic N) is 1. The number of hydrogen-bond donors (Lipinski definition) is 3. The van der Waals surface area contributed by atoms with Crippen molar-refractivity contribution in [2.45, 2.75) is 24.6 Å². The van der Waals surface area contributed by atoms with E-state index in [1.807, 2.05) is 0 Å². The van der Waals surface area contributed by atoms with Crippen LogP contribution in [0.4, 0.5) is 5.69 Å². The van der Waals surface area contributed by atoms with Gasteiger partial charge in [0.15, 0.2) is 0 Å². The number of benzene rings is 1. The Hall–Kier alpha value is -1.81. The van der Waals surface area contributed by atoms with Gasteiger partial charge in [0, 0.05) is 28.9 Å². The highest BCUT2D eigenvalue weighted by Gasteiger charge is 2.71. The third kappa shape index (κ3) is 2.42. The molecule has 3 amide bonds. The number of likely N-dealkylation sites (tertiary alicyclic amines) is 1. The van der Waals surface area contributed by atoms with Gasteiger partial charge in [-0.3, -0.25) is 24.6 Å². The van der Waals surface area contributed by atoms with Crippen molar-refractivity contribution in [2.75, 3.05) is 25.6 Å². The molecule has 2 fully saturated rings. The lowest BCUT2D eigenvalue weighted by molar-refractivity contribution is -0.143. The number of nitrogens with one attached hydrogen (secondary N) is 2. The van der Waals surface area contributed by atoms with Crippen molar-refractivity contribution in [1.29, 1.82) is 0 Å². The molecule has 144 valence electrons. The molecule has 2 saturated heterocycles. The lowest BCUT2D eigenvalue weighted by atomic mass is 9.76. The number of imide groups is 1. The molecule has 9 heteroatoms. The van der Waals surface area contributed by atoms with Crippen LogP contribution in [0.5, 0.6) is 0 Å². The molecule has 4 rings (SSSR count). The molecule has 1 aromatic carbocycles. The smallest absolute Gasteiger partial charge is 0.250 e. The van der Waals surface area contributed by atoms with Crippen molar-refractivity contribution >= 4 is 39.3 Å². The normalized spacial score (nSPS) is 32.8. The van der Waals surface area contributed by atoms with E-state index in [0.29, 0.717) is 11.3 Å². The number of carbonyl (C=O) groups excluding carboxylic acids is 3. The summed E-state index contributed by atoms with van der Waals surface area (Å²) in [5, 5.41) is 16.3. The Morgan fingerprint density at radius 1 is 1.33 bits per heavy atom. The van der Waals surface area contributed by atoms with E-state index in [4.69, 9.17) is 4.74 Å². The molecular weight excluding hydrogens is 418 g/mol. The minimum Gasteiger partial charge on any atom is -0.392 e. The number of fused-ring (bicyclic) bond motifs is 4. The van der Waals surface area contributed by atoms with E-state index in [1.54, 1.807) is 25.1 Å². The van der Waals surface area contributed by atoms with Gasteiger partial charge in [-0.2, -0.15) is 0 Å². The summed E-state index contributed by atoms with van der Waals surface area (Å²) in [5.41, 5.74) is -0.189. The maximum Gasteiger partial charge on any atom is 0.250 e. The van der Waals surface area contributed by atoms with Crippen molar-refractivity contribution < 1.29 is 24.2 Å². The first-order chi connectivity index (χ1) is 12.8. The van der Waals surface area contributed by atoms with Crippen LogP contribution in [0.1, 0.15) is 12.5 Å². The number of amides is 3. The molecule has 0 bridgehead atoms. The van der Waals surface area contributed by atoms with Crippen LogP contribution in [-0.2, 0) is 24.7 Å². The van der Waals surface area contributed by atoms with Crippen LogP contribution in [0, 0.1) is 11.8 Å². The SMILES string of the molecule is COCCN1C(=O)[C@@H]2[C@H]([C@@H](C)O)N[C@@]3(C(=O)Nc4ccc(Br)cc43)[C@@H]2C1=O. The molecule has 1 aromatic rings. The molecule has 0 aliphatic carbocycles. The Balaban J connectivity index is 1.86. The van der Waals surface area contributed by atoms with Gasteiger partial charge >= 0.3 is 0 Å². The second-order valence-corrected chi connectivity index (χ2v) is 8.10. The fraction of sp³-hybridized carbons (Fsp3) is 0.500. The van der Waals surface area contributed by atoms with Gasteiger partial charge in [-0.25, -0.2) is 0 Å². The van der Waals surface area contributed by atoms with Crippen molar-refractivity contribution in [3.8, 4) is 0 Å². The quantitative estimate of drug-likeness (QED) is 0.580. The summed E-state index contributed by atoms with van der Waals surface area (Å²) in [6.07, 6.45) is -0.917. The third-order valence-electron chi connectivity index (χ3n) is 5.74. The van der Waals surface area contributed by atoms with Crippen LogP contribution in [0.25, 0.3) is 0 Å². The number of methoxy groups -OCH3 is 1. The van der Waals surface area contributed by atoms with Crippen LogP contribution in [0.2, 0.25) is 0 Å². The van der Waals surface area contributed by atoms with E-state index in [9.17, 15) is 19.5 Å². The van der Waals surface area contributed by atoms with Crippen molar-refractivity contribution in [3.63, 3.8) is 0 Å². The van der Waals surface area contributed by atoms with Crippen LogP contribution < -0.4 is 10.6 Å². The molecule has 8 nitrogen and oxygen atoms in total. The molecule has 0 aromatic heterocycles. The minimum absolute atomic E-state index is 0.122. The number of hydrogen-bond acceptors (Lipinski definition) is 6. The van der Waals surface area contributed by atoms with Gasteiger partial charge in [-0.05, 0) is 25.1 Å². The zero-order valence-corrected chi connectivity index (χ0v) is 16.4. The summed E-state index contributed by atoms with van der Waals surface area (Å²) >= 11 is 3.41. The van der Waals surface area contributed by atoms with Crippen molar-refractivity contribution in [2.24, 2.45) is 11.8 Å². The van der Waals surface area contributed by atoms with E-state index in [-0.39, 0.29) is 25.0 Å². The molecule has 0 radical (unpaired) electrons. The van der Waals surface area contributed by atoms with E-state index >= 15 is 0 Å². The monoisotopic (exact) mass is 437 g/mol. The predicted octanol–water partition coefficient (Wildman–Crippen LogP) is 0.197. The topological polar surface area (TPSA) is 108 Å². The molecular formula is C18H20BrN3O5. The molecule has 3 aliphatic heterocycles. The summed E-state index contributed by atoms with van der Waals surface area (Å²) in [6, 6.07) is 4.61. The van der Waals surface area contributed by atoms with E-state index in [1.165, 1.54) is 7.11 Å². The second-order valence-electron chi connectivity index (χ2n) is 7.19. The number of anilines is 1. The molecule has 3 N–H and O–H groups in total. The molecule has 1 spiro atoms. The maximum absolute atomic E-state index is 13.2. The van der Waals surface area contributed by atoms with Gasteiger partial charge in [0.05, 0.1) is 31.1 Å². The average Bonchev–Trinajstić information content (AvgIpc) is 3.20. The second kappa shape index (κ2) is 6.37. The molecule has 0 unspecified atom stereocenters.